The van der Waals surface area contributed by atoms with Crippen LogP contribution in [-0.2, 0) is 13.1 Å². The highest BCUT2D eigenvalue weighted by atomic mass is 16.3. The normalized spacial score (nSPS) is 11.1. The van der Waals surface area contributed by atoms with Crippen LogP contribution in [0.15, 0.2) is 71.3 Å². The summed E-state index contributed by atoms with van der Waals surface area (Å²) in [5.74, 6) is 0.142. The number of furan rings is 1. The molecule has 1 aromatic heterocycles. The van der Waals surface area contributed by atoms with Crippen LogP contribution >= 0.6 is 0 Å². The Morgan fingerprint density at radius 1 is 1.00 bits per heavy atom. The third-order valence-electron chi connectivity index (χ3n) is 4.82. The van der Waals surface area contributed by atoms with Crippen molar-refractivity contribution in [1.29, 1.82) is 0 Å². The lowest BCUT2D eigenvalue weighted by molar-refractivity contribution is 0.0924. The van der Waals surface area contributed by atoms with E-state index in [2.05, 4.69) is 43.2 Å². The van der Waals surface area contributed by atoms with Crippen molar-refractivity contribution in [3.8, 4) is 11.1 Å². The van der Waals surface area contributed by atoms with E-state index in [-0.39, 0.29) is 5.91 Å². The number of amides is 1. The highest BCUT2D eigenvalue weighted by molar-refractivity contribution is 5.98. The van der Waals surface area contributed by atoms with Crippen molar-refractivity contribution in [3.63, 3.8) is 0 Å². The molecule has 0 saturated heterocycles. The maximum atomic E-state index is 12.7. The molecule has 1 amide bonds. The van der Waals surface area contributed by atoms with Crippen molar-refractivity contribution in [1.82, 2.24) is 10.2 Å². The first-order valence-electron chi connectivity index (χ1n) is 9.24. The summed E-state index contributed by atoms with van der Waals surface area (Å²) in [4.78, 5) is 15.0. The molecule has 0 aliphatic carbocycles. The van der Waals surface area contributed by atoms with Gasteiger partial charge in [-0.1, -0.05) is 54.6 Å². The maximum absolute atomic E-state index is 12.7. The summed E-state index contributed by atoms with van der Waals surface area (Å²) in [5, 5.41) is 3.00. The molecule has 0 saturated carbocycles. The highest BCUT2D eigenvalue weighted by Gasteiger charge is 2.17. The van der Waals surface area contributed by atoms with E-state index in [1.807, 2.05) is 48.5 Å². The second kappa shape index (κ2) is 8.69. The fourth-order valence-electron chi connectivity index (χ4n) is 2.92. The van der Waals surface area contributed by atoms with Crippen LogP contribution in [0.3, 0.4) is 0 Å². The van der Waals surface area contributed by atoms with Gasteiger partial charge in [-0.2, -0.15) is 0 Å². The molecule has 1 N–H and O–H groups in total. The fourth-order valence-corrected chi connectivity index (χ4v) is 2.92. The molecule has 4 nitrogen and oxygen atoms in total. The van der Waals surface area contributed by atoms with Crippen molar-refractivity contribution in [3.05, 3.63) is 83.8 Å². The molecule has 0 unspecified atom stereocenters. The Balaban J connectivity index is 1.72. The molecule has 140 valence electrons. The predicted molar refractivity (Wildman–Crippen MR) is 108 cm³/mol. The third kappa shape index (κ3) is 4.66. The zero-order valence-corrected chi connectivity index (χ0v) is 16.1. The van der Waals surface area contributed by atoms with E-state index >= 15 is 0 Å². The molecule has 0 radical (unpaired) electrons. The summed E-state index contributed by atoms with van der Waals surface area (Å²) >= 11 is 0. The second-order valence-corrected chi connectivity index (χ2v) is 6.99. The molecule has 3 rings (SSSR count). The Bertz CT molecular complexity index is 884. The van der Waals surface area contributed by atoms with Gasteiger partial charge in [0.05, 0.1) is 6.26 Å². The molecule has 2 aromatic carbocycles. The number of rotatable bonds is 7. The number of hydrogen-bond donors (Lipinski definition) is 1. The summed E-state index contributed by atoms with van der Waals surface area (Å²) in [6.45, 7) is 5.66. The molecular formula is C23H26N2O2. The molecule has 0 aliphatic heterocycles. The first-order chi connectivity index (χ1) is 13.1. The highest BCUT2D eigenvalue weighted by Crippen LogP contribution is 2.24. The SMILES string of the molecule is CC(C)N(C)Cc1ccccc1CNC(=O)c1occc1-c1ccccc1. The smallest absolute Gasteiger partial charge is 0.287 e. The second-order valence-electron chi connectivity index (χ2n) is 6.99. The number of nitrogens with zero attached hydrogens (tertiary/aromatic N) is 1. The van der Waals surface area contributed by atoms with Crippen molar-refractivity contribution >= 4 is 5.91 Å². The van der Waals surface area contributed by atoms with Gasteiger partial charge < -0.3 is 9.73 Å². The van der Waals surface area contributed by atoms with Crippen LogP contribution in [0.25, 0.3) is 11.1 Å². The molecule has 1 heterocycles. The molecule has 0 bridgehead atoms. The summed E-state index contributed by atoms with van der Waals surface area (Å²) in [5.41, 5.74) is 4.11. The third-order valence-corrected chi connectivity index (χ3v) is 4.82. The van der Waals surface area contributed by atoms with Gasteiger partial charge in [-0.25, -0.2) is 0 Å². The van der Waals surface area contributed by atoms with Crippen molar-refractivity contribution in [2.75, 3.05) is 7.05 Å². The van der Waals surface area contributed by atoms with E-state index < -0.39 is 0 Å². The lowest BCUT2D eigenvalue weighted by atomic mass is 10.1. The monoisotopic (exact) mass is 362 g/mol. The van der Waals surface area contributed by atoms with Crippen molar-refractivity contribution in [2.24, 2.45) is 0 Å². The van der Waals surface area contributed by atoms with Crippen LogP contribution in [0.5, 0.6) is 0 Å². The minimum atomic E-state index is -0.203. The lowest BCUT2D eigenvalue weighted by Crippen LogP contribution is -2.27. The Kier molecular flexibility index (Phi) is 6.09. The van der Waals surface area contributed by atoms with Crippen LogP contribution in [0.4, 0.5) is 0 Å². The van der Waals surface area contributed by atoms with Crippen molar-refractivity contribution < 1.29 is 9.21 Å². The average molecular weight is 362 g/mol. The fraction of sp³-hybridized carbons (Fsp3) is 0.261. The van der Waals surface area contributed by atoms with Gasteiger partial charge in [-0.05, 0) is 43.7 Å². The zero-order valence-electron chi connectivity index (χ0n) is 16.1. The Hall–Kier alpha value is -2.85. The van der Waals surface area contributed by atoms with Crippen molar-refractivity contribution in [2.45, 2.75) is 33.0 Å². The standard InChI is InChI=1S/C23H26N2O2/c1-17(2)25(3)16-20-12-8-7-11-19(20)15-24-23(26)22-21(13-14-27-22)18-9-5-4-6-10-18/h4-14,17H,15-16H2,1-3H3,(H,24,26). The largest absolute Gasteiger partial charge is 0.459 e. The summed E-state index contributed by atoms with van der Waals surface area (Å²) in [7, 11) is 2.11. The van der Waals surface area contributed by atoms with Gasteiger partial charge in [0.1, 0.15) is 0 Å². The van der Waals surface area contributed by atoms with Gasteiger partial charge in [-0.3, -0.25) is 9.69 Å². The van der Waals surface area contributed by atoms with Gasteiger partial charge >= 0.3 is 0 Å². The molecule has 0 fully saturated rings. The van der Waals surface area contributed by atoms with E-state index in [0.717, 1.165) is 23.2 Å². The van der Waals surface area contributed by atoms with Crippen LogP contribution in [0.2, 0.25) is 0 Å². The minimum absolute atomic E-state index is 0.203. The number of nitrogens with one attached hydrogen (secondary N) is 1. The van der Waals surface area contributed by atoms with Crippen LogP contribution < -0.4 is 5.32 Å². The number of carbonyl (C=O) groups excluding carboxylic acids is 1. The van der Waals surface area contributed by atoms with Gasteiger partial charge in [0.25, 0.3) is 5.91 Å². The van der Waals surface area contributed by atoms with Gasteiger partial charge in [-0.15, -0.1) is 0 Å². The maximum Gasteiger partial charge on any atom is 0.287 e. The summed E-state index contributed by atoms with van der Waals surface area (Å²) < 4.78 is 5.48. The molecule has 4 heteroatoms. The molecular weight excluding hydrogens is 336 g/mol. The Labute approximate surface area is 160 Å². The average Bonchev–Trinajstić information content (AvgIpc) is 3.17. The number of hydrogen-bond acceptors (Lipinski definition) is 3. The van der Waals surface area contributed by atoms with Crippen LogP contribution in [0, 0.1) is 0 Å². The molecule has 27 heavy (non-hydrogen) atoms. The first kappa shape index (κ1) is 18.9. The number of benzene rings is 2. The van der Waals surface area contributed by atoms with E-state index in [4.69, 9.17) is 4.42 Å². The first-order valence-corrected chi connectivity index (χ1v) is 9.24. The lowest BCUT2D eigenvalue weighted by Gasteiger charge is -2.22. The Morgan fingerprint density at radius 2 is 1.67 bits per heavy atom. The van der Waals surface area contributed by atoms with Crippen LogP contribution in [-0.4, -0.2) is 23.9 Å². The van der Waals surface area contributed by atoms with Gasteiger partial charge in [0, 0.05) is 24.7 Å². The zero-order chi connectivity index (χ0) is 19.2. The number of carbonyl (C=O) groups is 1. The minimum Gasteiger partial charge on any atom is -0.459 e. The van der Waals surface area contributed by atoms with E-state index in [1.165, 1.54) is 5.56 Å². The molecule has 0 spiro atoms. The summed E-state index contributed by atoms with van der Waals surface area (Å²) in [6, 6.07) is 20.3. The van der Waals surface area contributed by atoms with Gasteiger partial charge in [0.2, 0.25) is 0 Å². The van der Waals surface area contributed by atoms with E-state index in [1.54, 1.807) is 6.26 Å². The molecule has 0 atom stereocenters. The van der Waals surface area contributed by atoms with Crippen LogP contribution in [0.1, 0.15) is 35.5 Å². The topological polar surface area (TPSA) is 45.5 Å². The van der Waals surface area contributed by atoms with E-state index in [9.17, 15) is 4.79 Å². The quantitative estimate of drug-likeness (QED) is 0.662. The predicted octanol–water partition coefficient (Wildman–Crippen LogP) is 4.72. The Morgan fingerprint density at radius 3 is 2.37 bits per heavy atom. The molecule has 0 aliphatic rings. The van der Waals surface area contributed by atoms with Gasteiger partial charge in [0.15, 0.2) is 5.76 Å². The van der Waals surface area contributed by atoms with E-state index in [0.29, 0.717) is 18.3 Å². The molecule has 3 aromatic rings. The summed E-state index contributed by atoms with van der Waals surface area (Å²) in [6.07, 6.45) is 1.56.